The van der Waals surface area contributed by atoms with Crippen molar-refractivity contribution in [3.05, 3.63) is 35.4 Å². The van der Waals surface area contributed by atoms with Crippen molar-refractivity contribution in [1.82, 2.24) is 5.32 Å². The third-order valence-electron chi connectivity index (χ3n) is 2.31. The van der Waals surface area contributed by atoms with Crippen LogP contribution in [-0.4, -0.2) is 17.3 Å². The molecule has 5 heteroatoms. The summed E-state index contributed by atoms with van der Waals surface area (Å²) < 4.78 is 25.5. The summed E-state index contributed by atoms with van der Waals surface area (Å²) in [5, 5.41) is 2.71. The molecule has 0 heterocycles. The van der Waals surface area contributed by atoms with E-state index < -0.39 is 11.6 Å². The molecule has 17 heavy (non-hydrogen) atoms. The Balaban J connectivity index is 2.48. The minimum absolute atomic E-state index is 0.0562. The molecule has 1 rings (SSSR count). The van der Waals surface area contributed by atoms with Crippen LogP contribution in [0.2, 0.25) is 0 Å². The first-order valence-corrected chi connectivity index (χ1v) is 6.29. The fraction of sp³-hybridized carbons (Fsp3) is 0.417. The van der Waals surface area contributed by atoms with E-state index >= 15 is 0 Å². The second kappa shape index (κ2) is 6.69. The zero-order chi connectivity index (χ0) is 12.8. The predicted octanol–water partition coefficient (Wildman–Crippen LogP) is 2.80. The molecule has 0 spiro atoms. The minimum Gasteiger partial charge on any atom is -0.355 e. The summed E-state index contributed by atoms with van der Waals surface area (Å²) >= 11 is 3.39. The molecule has 0 aliphatic heterocycles. The van der Waals surface area contributed by atoms with Crippen LogP contribution in [0, 0.1) is 11.6 Å². The largest absolute Gasteiger partial charge is 0.355 e. The molecule has 1 amide bonds. The number of rotatable bonds is 5. The zero-order valence-corrected chi connectivity index (χ0v) is 11.1. The van der Waals surface area contributed by atoms with Crippen molar-refractivity contribution >= 4 is 21.8 Å². The van der Waals surface area contributed by atoms with Crippen LogP contribution >= 0.6 is 15.9 Å². The van der Waals surface area contributed by atoms with E-state index in [-0.39, 0.29) is 17.2 Å². The molecule has 1 unspecified atom stereocenters. The fourth-order valence-electron chi connectivity index (χ4n) is 1.27. The number of hydrogen-bond acceptors (Lipinski definition) is 1. The standard InChI is InChI=1S/C12H14BrF2NO/c1-2-9(13)7-16-12(17)6-8-3-4-10(14)11(15)5-8/h3-5,9H,2,6-7H2,1H3,(H,16,17). The summed E-state index contributed by atoms with van der Waals surface area (Å²) in [7, 11) is 0. The van der Waals surface area contributed by atoms with E-state index in [1.807, 2.05) is 6.92 Å². The van der Waals surface area contributed by atoms with E-state index in [4.69, 9.17) is 0 Å². The van der Waals surface area contributed by atoms with Gasteiger partial charge in [-0.2, -0.15) is 0 Å². The molecule has 0 fully saturated rings. The molecule has 2 nitrogen and oxygen atoms in total. The van der Waals surface area contributed by atoms with Gasteiger partial charge in [0.25, 0.3) is 0 Å². The molecule has 1 N–H and O–H groups in total. The maximum absolute atomic E-state index is 12.9. The highest BCUT2D eigenvalue weighted by Crippen LogP contribution is 2.09. The van der Waals surface area contributed by atoms with Crippen LogP contribution in [0.4, 0.5) is 8.78 Å². The number of benzene rings is 1. The fourth-order valence-corrected chi connectivity index (χ4v) is 1.43. The van der Waals surface area contributed by atoms with Crippen molar-refractivity contribution in [3.8, 4) is 0 Å². The van der Waals surface area contributed by atoms with Crippen molar-refractivity contribution in [3.63, 3.8) is 0 Å². The van der Waals surface area contributed by atoms with Crippen LogP contribution in [0.5, 0.6) is 0 Å². The van der Waals surface area contributed by atoms with Crippen LogP contribution in [-0.2, 0) is 11.2 Å². The van der Waals surface area contributed by atoms with Gasteiger partial charge in [-0.05, 0) is 24.1 Å². The molecular formula is C12H14BrF2NO. The van der Waals surface area contributed by atoms with Gasteiger partial charge in [0.15, 0.2) is 11.6 Å². The summed E-state index contributed by atoms with van der Waals surface area (Å²) in [5.74, 6) is -2.03. The average molecular weight is 306 g/mol. The molecule has 0 aliphatic carbocycles. The van der Waals surface area contributed by atoms with Crippen LogP contribution in [0.15, 0.2) is 18.2 Å². The van der Waals surface area contributed by atoms with Crippen LogP contribution in [0.1, 0.15) is 18.9 Å². The summed E-state index contributed by atoms with van der Waals surface area (Å²) in [6, 6.07) is 3.47. The normalized spacial score (nSPS) is 12.2. The number of amides is 1. The Bertz CT molecular complexity index is 398. The second-order valence-electron chi connectivity index (χ2n) is 3.73. The van der Waals surface area contributed by atoms with Gasteiger partial charge < -0.3 is 5.32 Å². The Kier molecular flexibility index (Phi) is 5.55. The highest BCUT2D eigenvalue weighted by molar-refractivity contribution is 9.09. The Hall–Kier alpha value is -0.970. The van der Waals surface area contributed by atoms with Gasteiger partial charge in [-0.3, -0.25) is 4.79 Å². The molecule has 0 saturated carbocycles. The Morgan fingerprint density at radius 3 is 2.71 bits per heavy atom. The Morgan fingerprint density at radius 1 is 1.41 bits per heavy atom. The lowest BCUT2D eigenvalue weighted by molar-refractivity contribution is -0.120. The monoisotopic (exact) mass is 305 g/mol. The highest BCUT2D eigenvalue weighted by Gasteiger charge is 2.08. The zero-order valence-electron chi connectivity index (χ0n) is 9.47. The van der Waals surface area contributed by atoms with E-state index in [1.54, 1.807) is 0 Å². The lowest BCUT2D eigenvalue weighted by atomic mass is 10.1. The van der Waals surface area contributed by atoms with Gasteiger partial charge >= 0.3 is 0 Å². The first kappa shape index (κ1) is 14.1. The van der Waals surface area contributed by atoms with Gasteiger partial charge in [0.2, 0.25) is 5.91 Å². The van der Waals surface area contributed by atoms with Crippen LogP contribution < -0.4 is 5.32 Å². The topological polar surface area (TPSA) is 29.1 Å². The Labute approximate surface area is 108 Å². The van der Waals surface area contributed by atoms with Crippen LogP contribution in [0.3, 0.4) is 0 Å². The summed E-state index contributed by atoms with van der Waals surface area (Å²) in [6.07, 6.45) is 0.964. The van der Waals surface area contributed by atoms with Crippen molar-refractivity contribution in [2.75, 3.05) is 6.54 Å². The number of halogens is 3. The summed E-state index contributed by atoms with van der Waals surface area (Å²) in [5.41, 5.74) is 0.462. The van der Waals surface area contributed by atoms with Gasteiger partial charge in [-0.25, -0.2) is 8.78 Å². The minimum atomic E-state index is -0.928. The smallest absolute Gasteiger partial charge is 0.224 e. The number of carbonyl (C=O) groups excluding carboxylic acids is 1. The summed E-state index contributed by atoms with van der Waals surface area (Å²) in [6.45, 7) is 2.53. The maximum Gasteiger partial charge on any atom is 0.224 e. The van der Waals surface area contributed by atoms with Gasteiger partial charge in [0.1, 0.15) is 0 Å². The van der Waals surface area contributed by atoms with Gasteiger partial charge in [-0.1, -0.05) is 28.9 Å². The van der Waals surface area contributed by atoms with E-state index in [0.717, 1.165) is 18.6 Å². The molecule has 0 bridgehead atoms. The molecule has 1 aromatic rings. The van der Waals surface area contributed by atoms with Crippen LogP contribution in [0.25, 0.3) is 0 Å². The third kappa shape index (κ3) is 4.81. The molecule has 0 saturated heterocycles. The maximum atomic E-state index is 12.9. The highest BCUT2D eigenvalue weighted by atomic mass is 79.9. The van der Waals surface area contributed by atoms with E-state index in [1.165, 1.54) is 6.07 Å². The molecule has 0 aromatic heterocycles. The molecular weight excluding hydrogens is 292 g/mol. The van der Waals surface area contributed by atoms with Gasteiger partial charge in [-0.15, -0.1) is 0 Å². The molecule has 0 aliphatic rings. The molecule has 94 valence electrons. The van der Waals surface area contributed by atoms with Gasteiger partial charge in [0, 0.05) is 11.4 Å². The van der Waals surface area contributed by atoms with Gasteiger partial charge in [0.05, 0.1) is 6.42 Å². The van der Waals surface area contributed by atoms with Crippen molar-refractivity contribution in [2.24, 2.45) is 0 Å². The van der Waals surface area contributed by atoms with Crippen molar-refractivity contribution in [2.45, 2.75) is 24.6 Å². The van der Waals surface area contributed by atoms with Crippen molar-refractivity contribution in [1.29, 1.82) is 0 Å². The first-order chi connectivity index (χ1) is 8.02. The number of nitrogens with one attached hydrogen (secondary N) is 1. The number of carbonyl (C=O) groups is 1. The van der Waals surface area contributed by atoms with Crippen molar-refractivity contribution < 1.29 is 13.6 Å². The number of hydrogen-bond donors (Lipinski definition) is 1. The second-order valence-corrected chi connectivity index (χ2v) is 5.03. The molecule has 1 aromatic carbocycles. The Morgan fingerprint density at radius 2 is 2.12 bits per heavy atom. The van der Waals surface area contributed by atoms with E-state index in [9.17, 15) is 13.6 Å². The molecule has 0 radical (unpaired) electrons. The molecule has 1 atom stereocenters. The van der Waals surface area contributed by atoms with E-state index in [2.05, 4.69) is 21.2 Å². The lowest BCUT2D eigenvalue weighted by Gasteiger charge is -2.08. The number of alkyl halides is 1. The average Bonchev–Trinajstić information content (AvgIpc) is 2.31. The first-order valence-electron chi connectivity index (χ1n) is 5.37. The predicted molar refractivity (Wildman–Crippen MR) is 66.1 cm³/mol. The SMILES string of the molecule is CCC(Br)CNC(=O)Cc1ccc(F)c(F)c1. The summed E-state index contributed by atoms with van der Waals surface area (Å²) in [4.78, 5) is 11.7. The lowest BCUT2D eigenvalue weighted by Crippen LogP contribution is -2.30. The van der Waals surface area contributed by atoms with E-state index in [0.29, 0.717) is 12.1 Å². The quantitative estimate of drug-likeness (QED) is 0.833. The third-order valence-corrected chi connectivity index (χ3v) is 3.28.